The number of aliphatic hydroxyl groups is 1. The number of rotatable bonds is 9. The van der Waals surface area contributed by atoms with Crippen LogP contribution in [0.15, 0.2) is 24.3 Å². The molecule has 0 aliphatic heterocycles. The molecule has 0 heterocycles. The van der Waals surface area contributed by atoms with Gasteiger partial charge in [0.15, 0.2) is 0 Å². The summed E-state index contributed by atoms with van der Waals surface area (Å²) < 4.78 is 0. The van der Waals surface area contributed by atoms with E-state index in [1.54, 1.807) is 30.0 Å². The van der Waals surface area contributed by atoms with Crippen molar-refractivity contribution in [1.82, 2.24) is 10.9 Å². The molecular formula is C17H28N4O3S. The molecule has 0 radical (unpaired) electrons. The lowest BCUT2D eigenvalue weighted by molar-refractivity contribution is -0.130. The first-order valence-electron chi connectivity index (χ1n) is 8.25. The maximum atomic E-state index is 12.1. The van der Waals surface area contributed by atoms with Crippen LogP contribution in [0.3, 0.4) is 0 Å². The lowest BCUT2D eigenvalue weighted by atomic mass is 10.1. The minimum absolute atomic E-state index is 0.400. The molecule has 1 aromatic rings. The van der Waals surface area contributed by atoms with Gasteiger partial charge in [-0.25, -0.2) is 0 Å². The van der Waals surface area contributed by atoms with Gasteiger partial charge >= 0.3 is 0 Å². The van der Waals surface area contributed by atoms with Crippen LogP contribution in [0.2, 0.25) is 0 Å². The highest BCUT2D eigenvalue weighted by Gasteiger charge is 2.23. The van der Waals surface area contributed by atoms with Gasteiger partial charge in [-0.2, -0.15) is 11.8 Å². The molecule has 140 valence electrons. The number of thioether (sulfide) groups is 1. The van der Waals surface area contributed by atoms with E-state index in [0.29, 0.717) is 30.2 Å². The van der Waals surface area contributed by atoms with Crippen LogP contribution in [-0.2, 0) is 11.2 Å². The van der Waals surface area contributed by atoms with Crippen LogP contribution in [0.4, 0.5) is 0 Å². The molecule has 7 nitrogen and oxygen atoms in total. The Morgan fingerprint density at radius 1 is 1.24 bits per heavy atom. The quantitative estimate of drug-likeness (QED) is 0.391. The second-order valence-corrected chi connectivity index (χ2v) is 7.30. The van der Waals surface area contributed by atoms with Crippen molar-refractivity contribution in [2.75, 3.05) is 18.1 Å². The van der Waals surface area contributed by atoms with Gasteiger partial charge in [-0.1, -0.05) is 26.0 Å². The summed E-state index contributed by atoms with van der Waals surface area (Å²) in [4.78, 5) is 24.0. The van der Waals surface area contributed by atoms with Crippen LogP contribution in [0, 0.1) is 5.92 Å². The Morgan fingerprint density at radius 3 is 2.60 bits per heavy atom. The van der Waals surface area contributed by atoms with Crippen molar-refractivity contribution in [3.05, 3.63) is 35.4 Å². The molecule has 0 aliphatic carbocycles. The minimum atomic E-state index is -1.39. The smallest absolute Gasteiger partial charge is 0.269 e. The molecule has 0 spiro atoms. The zero-order chi connectivity index (χ0) is 18.8. The topological polar surface area (TPSA) is 130 Å². The third kappa shape index (κ3) is 7.87. The molecule has 2 amide bonds. The van der Waals surface area contributed by atoms with Gasteiger partial charge in [0.05, 0.1) is 0 Å². The van der Waals surface area contributed by atoms with Crippen molar-refractivity contribution in [3.63, 3.8) is 0 Å². The van der Waals surface area contributed by atoms with Crippen molar-refractivity contribution in [1.29, 1.82) is 0 Å². The predicted molar refractivity (Wildman–Crippen MR) is 101 cm³/mol. The van der Waals surface area contributed by atoms with Gasteiger partial charge in [0.1, 0.15) is 6.10 Å². The number of hydrogen-bond acceptors (Lipinski definition) is 6. The number of carbonyl (C=O) groups excluding carboxylic acids is 2. The molecule has 1 aromatic carbocycles. The molecule has 8 heteroatoms. The summed E-state index contributed by atoms with van der Waals surface area (Å²) in [7, 11) is 0. The standard InChI is InChI=1S/C17H28N4O3S/c1-11(2)9-25-10-14(19)15(22)17(24)21-20-16(23)13-5-3-4-12(8-13)6-7-18/h3-5,8,11,14-15,22H,6-7,9-10,18-19H2,1-2H3,(H,20,23)(H,21,24)/t14-,15+/m1/s1. The number of benzene rings is 1. The third-order valence-corrected chi connectivity index (χ3v) is 4.88. The summed E-state index contributed by atoms with van der Waals surface area (Å²) in [5, 5.41) is 9.93. The summed E-state index contributed by atoms with van der Waals surface area (Å²) in [6.45, 7) is 4.65. The molecule has 0 bridgehead atoms. The number of amides is 2. The largest absolute Gasteiger partial charge is 0.382 e. The van der Waals surface area contributed by atoms with Crippen LogP contribution in [0.1, 0.15) is 29.8 Å². The van der Waals surface area contributed by atoms with Gasteiger partial charge in [0.2, 0.25) is 0 Å². The van der Waals surface area contributed by atoms with Crippen molar-refractivity contribution < 1.29 is 14.7 Å². The van der Waals surface area contributed by atoms with Crippen molar-refractivity contribution in [2.24, 2.45) is 17.4 Å². The number of nitrogens with two attached hydrogens (primary N) is 2. The molecule has 25 heavy (non-hydrogen) atoms. The molecule has 7 N–H and O–H groups in total. The maximum absolute atomic E-state index is 12.1. The number of hydrazine groups is 1. The van der Waals surface area contributed by atoms with Crippen molar-refractivity contribution in [3.8, 4) is 0 Å². The van der Waals surface area contributed by atoms with Crippen molar-refractivity contribution >= 4 is 23.6 Å². The molecule has 1 rings (SSSR count). The number of carbonyl (C=O) groups is 2. The summed E-state index contributed by atoms with van der Waals surface area (Å²) in [6.07, 6.45) is -0.724. The van der Waals surface area contributed by atoms with Gasteiger partial charge < -0.3 is 16.6 Å². The van der Waals surface area contributed by atoms with E-state index >= 15 is 0 Å². The van der Waals surface area contributed by atoms with Crippen LogP contribution >= 0.6 is 11.8 Å². The molecule has 0 fully saturated rings. The molecule has 0 aliphatic rings. The molecule has 0 unspecified atom stereocenters. The molecular weight excluding hydrogens is 340 g/mol. The first kappa shape index (κ1) is 21.4. The monoisotopic (exact) mass is 368 g/mol. The van der Waals surface area contributed by atoms with Gasteiger partial charge in [0.25, 0.3) is 11.8 Å². The van der Waals surface area contributed by atoms with Gasteiger partial charge in [0, 0.05) is 17.4 Å². The Bertz CT molecular complexity index is 569. The highest BCUT2D eigenvalue weighted by Crippen LogP contribution is 2.10. The first-order valence-corrected chi connectivity index (χ1v) is 9.41. The Morgan fingerprint density at radius 2 is 1.96 bits per heavy atom. The Kier molecular flexibility index (Phi) is 9.51. The summed E-state index contributed by atoms with van der Waals surface area (Å²) in [5.74, 6) is 0.670. The highest BCUT2D eigenvalue weighted by atomic mass is 32.2. The minimum Gasteiger partial charge on any atom is -0.382 e. The zero-order valence-corrected chi connectivity index (χ0v) is 15.5. The Hall–Kier alpha value is -1.61. The lowest BCUT2D eigenvalue weighted by Crippen LogP contribution is -2.52. The summed E-state index contributed by atoms with van der Waals surface area (Å²) in [5.41, 5.74) is 17.1. The number of nitrogens with one attached hydrogen (secondary N) is 2. The number of hydrogen-bond donors (Lipinski definition) is 5. The number of aliphatic hydroxyl groups excluding tert-OH is 1. The Balaban J connectivity index is 2.46. The van der Waals surface area contributed by atoms with E-state index in [1.165, 1.54) is 0 Å². The van der Waals surface area contributed by atoms with Gasteiger partial charge in [-0.3, -0.25) is 20.4 Å². The normalized spacial score (nSPS) is 13.4. The summed E-state index contributed by atoms with van der Waals surface area (Å²) >= 11 is 1.58. The van der Waals surface area contributed by atoms with Crippen LogP contribution in [0.25, 0.3) is 0 Å². The fourth-order valence-electron chi connectivity index (χ4n) is 2.02. The fourth-order valence-corrected chi connectivity index (χ4v) is 3.09. The van der Waals surface area contributed by atoms with E-state index in [1.807, 2.05) is 6.07 Å². The van der Waals surface area contributed by atoms with E-state index in [4.69, 9.17) is 11.5 Å². The lowest BCUT2D eigenvalue weighted by Gasteiger charge is -2.18. The van der Waals surface area contributed by atoms with E-state index in [-0.39, 0.29) is 0 Å². The van der Waals surface area contributed by atoms with E-state index in [9.17, 15) is 14.7 Å². The van der Waals surface area contributed by atoms with Gasteiger partial charge in [-0.05, 0) is 42.3 Å². The Labute approximate surface area is 152 Å². The van der Waals surface area contributed by atoms with Crippen LogP contribution < -0.4 is 22.3 Å². The molecule has 0 saturated heterocycles. The second kappa shape index (κ2) is 11.1. The van der Waals surface area contributed by atoms with E-state index < -0.39 is 24.0 Å². The molecule has 0 aromatic heterocycles. The molecule has 2 atom stereocenters. The molecule has 0 saturated carbocycles. The average Bonchev–Trinajstić information content (AvgIpc) is 2.58. The second-order valence-electron chi connectivity index (χ2n) is 6.22. The zero-order valence-electron chi connectivity index (χ0n) is 14.7. The maximum Gasteiger partial charge on any atom is 0.269 e. The highest BCUT2D eigenvalue weighted by molar-refractivity contribution is 7.99. The summed E-state index contributed by atoms with van der Waals surface area (Å²) in [6, 6.07) is 6.26. The van der Waals surface area contributed by atoms with E-state index in [2.05, 4.69) is 24.7 Å². The predicted octanol–water partition coefficient (Wildman–Crippen LogP) is 0.0262. The van der Waals surface area contributed by atoms with E-state index in [0.717, 1.165) is 11.3 Å². The van der Waals surface area contributed by atoms with Crippen LogP contribution in [0.5, 0.6) is 0 Å². The van der Waals surface area contributed by atoms with Gasteiger partial charge in [-0.15, -0.1) is 0 Å². The van der Waals surface area contributed by atoms with Crippen LogP contribution in [-0.4, -0.2) is 47.1 Å². The average molecular weight is 369 g/mol. The van der Waals surface area contributed by atoms with Crippen molar-refractivity contribution in [2.45, 2.75) is 32.4 Å². The third-order valence-electron chi connectivity index (χ3n) is 3.36. The first-order chi connectivity index (χ1) is 11.8. The SMILES string of the molecule is CC(C)CSC[C@@H](N)[C@H](O)C(=O)NNC(=O)c1cccc(CCN)c1. The fraction of sp³-hybridized carbons (Fsp3) is 0.529.